The van der Waals surface area contributed by atoms with Crippen LogP contribution in [0.15, 0.2) is 0 Å². The smallest absolute Gasteiger partial charge is 0.307 e. The molecule has 4 atom stereocenters. The van der Waals surface area contributed by atoms with Gasteiger partial charge in [0.05, 0.1) is 11.8 Å². The minimum atomic E-state index is -0.931. The van der Waals surface area contributed by atoms with Crippen LogP contribution in [-0.4, -0.2) is 22.2 Å². The lowest BCUT2D eigenvalue weighted by Crippen LogP contribution is -2.34. The zero-order valence-corrected chi connectivity index (χ0v) is 7.14. The maximum atomic E-state index is 10.8. The molecule has 0 radical (unpaired) electrons. The van der Waals surface area contributed by atoms with Gasteiger partial charge in [0.15, 0.2) is 0 Å². The zero-order chi connectivity index (χ0) is 9.59. The number of rotatable bonds is 2. The Morgan fingerprint density at radius 1 is 0.923 bits per heavy atom. The Hall–Kier alpha value is -1.06. The molecule has 0 heterocycles. The average molecular weight is 184 g/mol. The van der Waals surface area contributed by atoms with Crippen LogP contribution in [0.3, 0.4) is 0 Å². The predicted octanol–water partition coefficient (Wildman–Crippen LogP) is 0.818. The molecule has 0 unspecified atom stereocenters. The molecule has 2 saturated carbocycles. The Balaban J connectivity index is 2.24. The van der Waals surface area contributed by atoms with Gasteiger partial charge >= 0.3 is 11.9 Å². The first-order chi connectivity index (χ1) is 6.11. The lowest BCUT2D eigenvalue weighted by molar-refractivity contribution is -0.156. The lowest BCUT2D eigenvalue weighted by Gasteiger charge is -2.24. The predicted molar refractivity (Wildman–Crippen MR) is 43.1 cm³/mol. The summed E-state index contributed by atoms with van der Waals surface area (Å²) in [5.41, 5.74) is 0. The monoisotopic (exact) mass is 184 g/mol. The molecule has 0 saturated heterocycles. The average Bonchev–Trinajstić information content (AvgIpc) is 2.60. The molecule has 2 aliphatic carbocycles. The second-order valence-corrected chi connectivity index (χ2v) is 4.06. The van der Waals surface area contributed by atoms with Gasteiger partial charge in [0.2, 0.25) is 0 Å². The highest BCUT2D eigenvalue weighted by Gasteiger charge is 2.54. The van der Waals surface area contributed by atoms with Crippen LogP contribution in [0.1, 0.15) is 19.3 Å². The summed E-state index contributed by atoms with van der Waals surface area (Å²) in [6.07, 6.45) is 2.59. The van der Waals surface area contributed by atoms with Gasteiger partial charge in [-0.1, -0.05) is 0 Å². The SMILES string of the molecule is O=C(O)[C@H]1[C@H]2CC[C@@H](C2)[C@@H]1C(=O)O. The molecule has 4 heteroatoms. The quantitative estimate of drug-likeness (QED) is 0.666. The van der Waals surface area contributed by atoms with E-state index in [-0.39, 0.29) is 11.8 Å². The number of carboxylic acid groups (broad SMARTS) is 2. The van der Waals surface area contributed by atoms with Crippen molar-refractivity contribution in [2.75, 3.05) is 0 Å². The van der Waals surface area contributed by atoms with Gasteiger partial charge in [-0.3, -0.25) is 9.59 Å². The summed E-state index contributed by atoms with van der Waals surface area (Å²) in [4.78, 5) is 21.7. The van der Waals surface area contributed by atoms with Gasteiger partial charge in [-0.05, 0) is 31.1 Å². The van der Waals surface area contributed by atoms with Crippen molar-refractivity contribution in [1.29, 1.82) is 0 Å². The second kappa shape index (κ2) is 2.72. The van der Waals surface area contributed by atoms with Gasteiger partial charge in [-0.15, -0.1) is 0 Å². The highest BCUT2D eigenvalue weighted by molar-refractivity contribution is 5.81. The third-order valence-electron chi connectivity index (χ3n) is 3.49. The highest BCUT2D eigenvalue weighted by atomic mass is 16.4. The summed E-state index contributed by atoms with van der Waals surface area (Å²) in [6.45, 7) is 0. The molecular weight excluding hydrogens is 172 g/mol. The Morgan fingerprint density at radius 2 is 1.31 bits per heavy atom. The van der Waals surface area contributed by atoms with Gasteiger partial charge in [-0.25, -0.2) is 0 Å². The molecule has 13 heavy (non-hydrogen) atoms. The molecule has 0 aromatic rings. The van der Waals surface area contributed by atoms with Crippen molar-refractivity contribution < 1.29 is 19.8 Å². The van der Waals surface area contributed by atoms with Gasteiger partial charge in [-0.2, -0.15) is 0 Å². The number of hydrogen-bond donors (Lipinski definition) is 2. The van der Waals surface area contributed by atoms with Crippen LogP contribution in [0.5, 0.6) is 0 Å². The van der Waals surface area contributed by atoms with E-state index in [2.05, 4.69) is 0 Å². The maximum Gasteiger partial charge on any atom is 0.307 e. The van der Waals surface area contributed by atoms with Crippen LogP contribution >= 0.6 is 0 Å². The Kier molecular flexibility index (Phi) is 1.78. The largest absolute Gasteiger partial charge is 0.481 e. The number of carboxylic acids is 2. The maximum absolute atomic E-state index is 10.8. The van der Waals surface area contributed by atoms with Gasteiger partial charge in [0, 0.05) is 0 Å². The highest BCUT2D eigenvalue weighted by Crippen LogP contribution is 2.52. The van der Waals surface area contributed by atoms with Crippen LogP contribution in [0.2, 0.25) is 0 Å². The number of hydrogen-bond acceptors (Lipinski definition) is 2. The van der Waals surface area contributed by atoms with Crippen LogP contribution in [0.4, 0.5) is 0 Å². The molecule has 2 aliphatic rings. The summed E-state index contributed by atoms with van der Waals surface area (Å²) < 4.78 is 0. The summed E-state index contributed by atoms with van der Waals surface area (Å²) in [5, 5.41) is 17.8. The van der Waals surface area contributed by atoms with Gasteiger partial charge in [0.25, 0.3) is 0 Å². The van der Waals surface area contributed by atoms with E-state index in [9.17, 15) is 9.59 Å². The van der Waals surface area contributed by atoms with E-state index >= 15 is 0 Å². The van der Waals surface area contributed by atoms with E-state index in [1.54, 1.807) is 0 Å². The molecule has 72 valence electrons. The van der Waals surface area contributed by atoms with Crippen molar-refractivity contribution in [2.45, 2.75) is 19.3 Å². The standard InChI is InChI=1S/C9H12O4/c10-8(11)6-4-1-2-5(3-4)7(6)9(12)13/h4-7H,1-3H2,(H,10,11)(H,12,13)/t4-,5-,6-,7-/m0/s1. The first kappa shape index (κ1) is 8.53. The summed E-state index contributed by atoms with van der Waals surface area (Å²) in [7, 11) is 0. The van der Waals surface area contributed by atoms with Crippen LogP contribution in [-0.2, 0) is 9.59 Å². The Morgan fingerprint density at radius 3 is 1.62 bits per heavy atom. The molecule has 0 aromatic heterocycles. The van der Waals surface area contributed by atoms with Crippen molar-refractivity contribution in [3.63, 3.8) is 0 Å². The topological polar surface area (TPSA) is 74.6 Å². The number of aliphatic carboxylic acids is 2. The van der Waals surface area contributed by atoms with Crippen LogP contribution in [0.25, 0.3) is 0 Å². The number of carbonyl (C=O) groups is 2. The Bertz CT molecular complexity index is 234. The first-order valence-electron chi connectivity index (χ1n) is 4.57. The van der Waals surface area contributed by atoms with Crippen molar-refractivity contribution in [1.82, 2.24) is 0 Å². The van der Waals surface area contributed by atoms with E-state index in [4.69, 9.17) is 10.2 Å². The zero-order valence-electron chi connectivity index (χ0n) is 7.14. The van der Waals surface area contributed by atoms with Gasteiger partial charge < -0.3 is 10.2 Å². The van der Waals surface area contributed by atoms with Crippen molar-refractivity contribution in [3.05, 3.63) is 0 Å². The van der Waals surface area contributed by atoms with Crippen molar-refractivity contribution in [3.8, 4) is 0 Å². The second-order valence-electron chi connectivity index (χ2n) is 4.06. The molecule has 0 amide bonds. The normalized spacial score (nSPS) is 42.2. The Labute approximate surface area is 75.6 Å². The minimum absolute atomic E-state index is 0.114. The molecule has 0 aliphatic heterocycles. The third-order valence-corrected chi connectivity index (χ3v) is 3.49. The van der Waals surface area contributed by atoms with E-state index in [1.165, 1.54) is 0 Å². The van der Waals surface area contributed by atoms with Gasteiger partial charge in [0.1, 0.15) is 0 Å². The molecular formula is C9H12O4. The first-order valence-corrected chi connectivity index (χ1v) is 4.57. The van der Waals surface area contributed by atoms with Crippen LogP contribution in [0, 0.1) is 23.7 Å². The molecule has 0 aromatic carbocycles. The molecule has 2 rings (SSSR count). The summed E-state index contributed by atoms with van der Waals surface area (Å²) >= 11 is 0. The molecule has 4 nitrogen and oxygen atoms in total. The molecule has 0 spiro atoms. The fraction of sp³-hybridized carbons (Fsp3) is 0.778. The van der Waals surface area contributed by atoms with E-state index < -0.39 is 23.8 Å². The number of fused-ring (bicyclic) bond motifs is 2. The van der Waals surface area contributed by atoms with Crippen LogP contribution < -0.4 is 0 Å². The molecule has 2 fully saturated rings. The van der Waals surface area contributed by atoms with E-state index in [0.717, 1.165) is 19.3 Å². The van der Waals surface area contributed by atoms with Crippen molar-refractivity contribution >= 4 is 11.9 Å². The molecule has 2 bridgehead atoms. The fourth-order valence-corrected chi connectivity index (χ4v) is 3.00. The lowest BCUT2D eigenvalue weighted by atomic mass is 9.79. The fourth-order valence-electron chi connectivity index (χ4n) is 3.00. The molecule has 2 N–H and O–H groups in total. The third kappa shape index (κ3) is 1.12. The van der Waals surface area contributed by atoms with Crippen molar-refractivity contribution in [2.24, 2.45) is 23.7 Å². The van der Waals surface area contributed by atoms with E-state index in [0.29, 0.717) is 0 Å². The summed E-state index contributed by atoms with van der Waals surface area (Å²) in [5.74, 6) is -2.89. The minimum Gasteiger partial charge on any atom is -0.481 e. The van der Waals surface area contributed by atoms with E-state index in [1.807, 2.05) is 0 Å². The summed E-state index contributed by atoms with van der Waals surface area (Å²) in [6, 6.07) is 0.